The van der Waals surface area contributed by atoms with Crippen LogP contribution in [0.1, 0.15) is 0 Å². The van der Waals surface area contributed by atoms with Crippen molar-refractivity contribution in [2.45, 2.75) is 0 Å². The maximum Gasteiger partial charge on any atom is 0.0368 e. The molecule has 0 saturated carbocycles. The monoisotopic (exact) mass is 398 g/mol. The third-order valence-electron chi connectivity index (χ3n) is 6.38. The average molecular weight is 399 g/mol. The third kappa shape index (κ3) is 4.09. The second-order valence-electron chi connectivity index (χ2n) is 8.14. The average Bonchev–Trinajstić information content (AvgIpc) is 2.85. The topological polar surface area (TPSA) is 13.0 Å². The van der Waals surface area contributed by atoms with Crippen molar-refractivity contribution in [1.29, 1.82) is 0 Å². The predicted octanol–water partition coefficient (Wildman–Crippen LogP) is 4.34. The molecule has 0 unspecified atom stereocenters. The molecular weight excluding hydrogens is 368 g/mol. The molecule has 3 aromatic carbocycles. The number of hydrogen-bond acceptors (Lipinski definition) is 4. The molecule has 2 fully saturated rings. The summed E-state index contributed by atoms with van der Waals surface area (Å²) in [7, 11) is 0. The quantitative estimate of drug-likeness (QED) is 0.648. The van der Waals surface area contributed by atoms with Crippen molar-refractivity contribution in [3.63, 3.8) is 0 Å². The standard InChI is InChI=1S/C26H30N4/c1-3-7-23(8-4-1)27-15-19-29(20-16-27)25-11-13-26(14-12-25)30-21-17-28(18-22-30)24-9-5-2-6-10-24/h1-14H,15-22H2. The zero-order valence-corrected chi connectivity index (χ0v) is 17.5. The van der Waals surface area contributed by atoms with Gasteiger partial charge in [0.2, 0.25) is 0 Å². The van der Waals surface area contributed by atoms with Crippen LogP contribution in [0.15, 0.2) is 84.9 Å². The Morgan fingerprint density at radius 1 is 0.300 bits per heavy atom. The van der Waals surface area contributed by atoms with E-state index in [4.69, 9.17) is 0 Å². The van der Waals surface area contributed by atoms with Gasteiger partial charge in [-0.15, -0.1) is 0 Å². The molecule has 0 N–H and O–H groups in total. The van der Waals surface area contributed by atoms with E-state index in [0.29, 0.717) is 0 Å². The summed E-state index contributed by atoms with van der Waals surface area (Å²) in [5.41, 5.74) is 5.35. The molecule has 154 valence electrons. The van der Waals surface area contributed by atoms with Crippen LogP contribution in [-0.4, -0.2) is 52.4 Å². The highest BCUT2D eigenvalue weighted by atomic mass is 15.3. The minimum Gasteiger partial charge on any atom is -0.368 e. The van der Waals surface area contributed by atoms with E-state index in [0.717, 1.165) is 52.4 Å². The highest BCUT2D eigenvalue weighted by molar-refractivity contribution is 5.59. The van der Waals surface area contributed by atoms with Crippen LogP contribution >= 0.6 is 0 Å². The van der Waals surface area contributed by atoms with Gasteiger partial charge in [0.25, 0.3) is 0 Å². The maximum atomic E-state index is 2.51. The van der Waals surface area contributed by atoms with Crippen LogP contribution in [0.4, 0.5) is 22.7 Å². The Hall–Kier alpha value is -3.14. The van der Waals surface area contributed by atoms with Crippen LogP contribution in [0, 0.1) is 0 Å². The number of nitrogens with zero attached hydrogens (tertiary/aromatic N) is 4. The lowest BCUT2D eigenvalue weighted by Crippen LogP contribution is -2.47. The summed E-state index contributed by atoms with van der Waals surface area (Å²) in [5.74, 6) is 0. The Balaban J connectivity index is 1.16. The fraction of sp³-hybridized carbons (Fsp3) is 0.308. The Labute approximate surface area is 179 Å². The Morgan fingerprint density at radius 2 is 0.533 bits per heavy atom. The molecule has 4 heteroatoms. The van der Waals surface area contributed by atoms with Crippen LogP contribution < -0.4 is 19.6 Å². The molecule has 0 spiro atoms. The summed E-state index contributed by atoms with van der Waals surface area (Å²) in [6.07, 6.45) is 0. The molecule has 0 atom stereocenters. The normalized spacial score (nSPS) is 17.3. The van der Waals surface area contributed by atoms with E-state index >= 15 is 0 Å². The molecule has 2 aliphatic heterocycles. The third-order valence-corrected chi connectivity index (χ3v) is 6.38. The molecule has 5 rings (SSSR count). The van der Waals surface area contributed by atoms with Crippen molar-refractivity contribution in [3.05, 3.63) is 84.9 Å². The predicted molar refractivity (Wildman–Crippen MR) is 128 cm³/mol. The minimum absolute atomic E-state index is 1.07. The van der Waals surface area contributed by atoms with Crippen molar-refractivity contribution in [3.8, 4) is 0 Å². The van der Waals surface area contributed by atoms with Crippen LogP contribution in [-0.2, 0) is 0 Å². The van der Waals surface area contributed by atoms with Gasteiger partial charge < -0.3 is 19.6 Å². The lowest BCUT2D eigenvalue weighted by Gasteiger charge is -2.38. The maximum absolute atomic E-state index is 2.51. The SMILES string of the molecule is c1ccc(N2CCN(c3ccc(N4CCN(c5ccccc5)CC4)cc3)CC2)cc1. The molecule has 3 aromatic rings. The van der Waals surface area contributed by atoms with E-state index in [1.54, 1.807) is 0 Å². The summed E-state index contributed by atoms with van der Waals surface area (Å²) in [6, 6.07) is 30.7. The van der Waals surface area contributed by atoms with Gasteiger partial charge in [-0.2, -0.15) is 0 Å². The Bertz CT molecular complexity index is 832. The summed E-state index contributed by atoms with van der Waals surface area (Å²) >= 11 is 0. The highest BCUT2D eigenvalue weighted by Gasteiger charge is 2.19. The number of anilines is 4. The number of benzene rings is 3. The van der Waals surface area contributed by atoms with E-state index < -0.39 is 0 Å². The van der Waals surface area contributed by atoms with Gasteiger partial charge in [-0.3, -0.25) is 0 Å². The molecule has 2 saturated heterocycles. The van der Waals surface area contributed by atoms with Crippen molar-refractivity contribution < 1.29 is 0 Å². The van der Waals surface area contributed by atoms with Gasteiger partial charge in [-0.25, -0.2) is 0 Å². The lowest BCUT2D eigenvalue weighted by atomic mass is 10.2. The van der Waals surface area contributed by atoms with Gasteiger partial charge in [-0.05, 0) is 48.5 Å². The van der Waals surface area contributed by atoms with Crippen LogP contribution in [0.5, 0.6) is 0 Å². The first-order valence-corrected chi connectivity index (χ1v) is 11.1. The minimum atomic E-state index is 1.07. The first-order valence-electron chi connectivity index (χ1n) is 11.1. The molecule has 0 aromatic heterocycles. The molecule has 2 aliphatic rings. The summed E-state index contributed by atoms with van der Waals surface area (Å²) < 4.78 is 0. The molecular formula is C26H30N4. The largest absolute Gasteiger partial charge is 0.368 e. The molecule has 0 radical (unpaired) electrons. The molecule has 2 heterocycles. The van der Waals surface area contributed by atoms with Crippen molar-refractivity contribution in [2.24, 2.45) is 0 Å². The summed E-state index contributed by atoms with van der Waals surface area (Å²) in [5, 5.41) is 0. The second kappa shape index (κ2) is 8.70. The zero-order chi connectivity index (χ0) is 20.2. The van der Waals surface area contributed by atoms with Crippen LogP contribution in [0.25, 0.3) is 0 Å². The van der Waals surface area contributed by atoms with Crippen molar-refractivity contribution in [2.75, 3.05) is 72.0 Å². The Morgan fingerprint density at radius 3 is 0.800 bits per heavy atom. The molecule has 30 heavy (non-hydrogen) atoms. The number of piperazine rings is 2. The van der Waals surface area contributed by atoms with E-state index in [1.165, 1.54) is 22.7 Å². The van der Waals surface area contributed by atoms with E-state index in [-0.39, 0.29) is 0 Å². The van der Waals surface area contributed by atoms with Crippen LogP contribution in [0.2, 0.25) is 0 Å². The first-order chi connectivity index (χ1) is 14.9. The number of hydrogen-bond donors (Lipinski definition) is 0. The van der Waals surface area contributed by atoms with Crippen molar-refractivity contribution >= 4 is 22.7 Å². The Kier molecular flexibility index (Phi) is 5.47. The van der Waals surface area contributed by atoms with Gasteiger partial charge >= 0.3 is 0 Å². The summed E-state index contributed by atoms with van der Waals surface area (Å²) in [4.78, 5) is 9.99. The fourth-order valence-corrected chi connectivity index (χ4v) is 4.60. The first kappa shape index (κ1) is 18.9. The number of para-hydroxylation sites is 2. The zero-order valence-electron chi connectivity index (χ0n) is 17.5. The van der Waals surface area contributed by atoms with E-state index in [1.807, 2.05) is 0 Å². The van der Waals surface area contributed by atoms with Gasteiger partial charge in [0, 0.05) is 75.1 Å². The summed E-state index contributed by atoms with van der Waals surface area (Å²) in [6.45, 7) is 8.60. The fourth-order valence-electron chi connectivity index (χ4n) is 4.60. The molecule has 0 bridgehead atoms. The van der Waals surface area contributed by atoms with Gasteiger partial charge in [0.05, 0.1) is 0 Å². The van der Waals surface area contributed by atoms with Crippen LogP contribution in [0.3, 0.4) is 0 Å². The van der Waals surface area contributed by atoms with E-state index in [2.05, 4.69) is 105 Å². The highest BCUT2D eigenvalue weighted by Crippen LogP contribution is 2.25. The van der Waals surface area contributed by atoms with Gasteiger partial charge in [0.1, 0.15) is 0 Å². The molecule has 0 amide bonds. The second-order valence-corrected chi connectivity index (χ2v) is 8.14. The van der Waals surface area contributed by atoms with Gasteiger partial charge in [-0.1, -0.05) is 36.4 Å². The van der Waals surface area contributed by atoms with Gasteiger partial charge in [0.15, 0.2) is 0 Å². The molecule has 0 aliphatic carbocycles. The lowest BCUT2D eigenvalue weighted by molar-refractivity contribution is 0.650. The smallest absolute Gasteiger partial charge is 0.0368 e. The van der Waals surface area contributed by atoms with E-state index in [9.17, 15) is 0 Å². The molecule has 4 nitrogen and oxygen atoms in total. The number of rotatable bonds is 4. The van der Waals surface area contributed by atoms with Crippen molar-refractivity contribution in [1.82, 2.24) is 0 Å².